The minimum atomic E-state index is 0.609. The van der Waals surface area contributed by atoms with E-state index in [9.17, 15) is 0 Å². The zero-order valence-electron chi connectivity index (χ0n) is 9.25. The van der Waals surface area contributed by atoms with Crippen molar-refractivity contribution in [1.82, 2.24) is 0 Å². The lowest BCUT2D eigenvalue weighted by atomic mass is 10.1. The topological polar surface area (TPSA) is 3.24 Å². The van der Waals surface area contributed by atoms with Crippen LogP contribution in [0.3, 0.4) is 0 Å². The highest BCUT2D eigenvalue weighted by atomic mass is 35.5. The van der Waals surface area contributed by atoms with Crippen molar-refractivity contribution in [3.05, 3.63) is 29.8 Å². The van der Waals surface area contributed by atoms with Gasteiger partial charge < -0.3 is 4.90 Å². The Morgan fingerprint density at radius 2 is 2.07 bits per heavy atom. The van der Waals surface area contributed by atoms with Gasteiger partial charge in [0.1, 0.15) is 0 Å². The lowest BCUT2D eigenvalue weighted by molar-refractivity contribution is 0.645. The van der Waals surface area contributed by atoms with E-state index in [2.05, 4.69) is 36.1 Å². The van der Waals surface area contributed by atoms with Gasteiger partial charge in [0.05, 0.1) is 0 Å². The highest BCUT2D eigenvalue weighted by molar-refractivity contribution is 6.17. The molecule has 1 aliphatic rings. The van der Waals surface area contributed by atoms with Crippen LogP contribution in [0.2, 0.25) is 0 Å². The molecule has 0 aromatic heterocycles. The van der Waals surface area contributed by atoms with Gasteiger partial charge in [-0.1, -0.05) is 19.1 Å². The Hall–Kier alpha value is -0.690. The van der Waals surface area contributed by atoms with E-state index in [1.54, 1.807) is 0 Å². The molecule has 1 fully saturated rings. The summed E-state index contributed by atoms with van der Waals surface area (Å²) in [6.07, 6.45) is 3.92. The van der Waals surface area contributed by atoms with Crippen LogP contribution in [0.1, 0.15) is 31.7 Å². The van der Waals surface area contributed by atoms with Crippen molar-refractivity contribution in [3.8, 4) is 0 Å². The van der Waals surface area contributed by atoms with Crippen LogP contribution in [-0.4, -0.2) is 12.6 Å². The maximum absolute atomic E-state index is 5.78. The minimum Gasteiger partial charge on any atom is -0.369 e. The van der Waals surface area contributed by atoms with Gasteiger partial charge in [0.15, 0.2) is 0 Å². The molecule has 1 aromatic rings. The monoisotopic (exact) mass is 223 g/mol. The van der Waals surface area contributed by atoms with Crippen LogP contribution in [0.25, 0.3) is 0 Å². The quantitative estimate of drug-likeness (QED) is 0.705. The van der Waals surface area contributed by atoms with E-state index in [1.807, 2.05) is 0 Å². The number of alkyl halides is 1. The molecule has 1 saturated heterocycles. The van der Waals surface area contributed by atoms with Crippen LogP contribution in [-0.2, 0) is 5.88 Å². The van der Waals surface area contributed by atoms with Gasteiger partial charge in [0.25, 0.3) is 0 Å². The number of benzene rings is 1. The maximum Gasteiger partial charge on any atom is 0.0474 e. The number of anilines is 1. The van der Waals surface area contributed by atoms with Crippen molar-refractivity contribution < 1.29 is 0 Å². The standard InChI is InChI=1S/C13H18ClN/c1-2-12-4-3-9-15(12)13-7-5-11(10-14)6-8-13/h5-8,12H,2-4,9-10H2,1H3. The number of halogens is 1. The van der Waals surface area contributed by atoms with Crippen LogP contribution >= 0.6 is 11.6 Å². The average molecular weight is 224 g/mol. The molecule has 2 heteroatoms. The summed E-state index contributed by atoms with van der Waals surface area (Å²) in [5.74, 6) is 0.609. The first-order chi connectivity index (χ1) is 7.35. The summed E-state index contributed by atoms with van der Waals surface area (Å²) in [6, 6.07) is 9.41. The highest BCUT2D eigenvalue weighted by Crippen LogP contribution is 2.27. The lowest BCUT2D eigenvalue weighted by Crippen LogP contribution is -2.28. The molecule has 0 bridgehead atoms. The number of nitrogens with zero attached hydrogens (tertiary/aromatic N) is 1. The van der Waals surface area contributed by atoms with Gasteiger partial charge in [-0.2, -0.15) is 0 Å². The largest absolute Gasteiger partial charge is 0.369 e. The summed E-state index contributed by atoms with van der Waals surface area (Å²) in [7, 11) is 0. The molecule has 1 unspecified atom stereocenters. The van der Waals surface area contributed by atoms with Crippen molar-refractivity contribution >= 4 is 17.3 Å². The van der Waals surface area contributed by atoms with Crippen molar-refractivity contribution in [3.63, 3.8) is 0 Å². The molecule has 0 saturated carbocycles. The first-order valence-corrected chi connectivity index (χ1v) is 6.30. The van der Waals surface area contributed by atoms with Crippen LogP contribution in [0.5, 0.6) is 0 Å². The predicted molar refractivity (Wildman–Crippen MR) is 66.7 cm³/mol. The van der Waals surface area contributed by atoms with E-state index >= 15 is 0 Å². The summed E-state index contributed by atoms with van der Waals surface area (Å²) in [4.78, 5) is 2.53. The highest BCUT2D eigenvalue weighted by Gasteiger charge is 2.22. The molecular weight excluding hydrogens is 206 g/mol. The second-order valence-corrected chi connectivity index (χ2v) is 4.47. The number of hydrogen-bond acceptors (Lipinski definition) is 1. The van der Waals surface area contributed by atoms with Crippen molar-refractivity contribution in [2.75, 3.05) is 11.4 Å². The van der Waals surface area contributed by atoms with Gasteiger partial charge in [0, 0.05) is 24.2 Å². The third-order valence-corrected chi connectivity index (χ3v) is 3.58. The Kier molecular flexibility index (Phi) is 3.53. The van der Waals surface area contributed by atoms with E-state index in [0.717, 1.165) is 6.04 Å². The van der Waals surface area contributed by atoms with Crippen molar-refractivity contribution in [2.24, 2.45) is 0 Å². The molecule has 0 radical (unpaired) electrons. The average Bonchev–Trinajstić information content (AvgIpc) is 2.77. The van der Waals surface area contributed by atoms with Gasteiger partial charge >= 0.3 is 0 Å². The predicted octanol–water partition coefficient (Wildman–Crippen LogP) is 3.80. The number of rotatable bonds is 3. The molecule has 82 valence electrons. The van der Waals surface area contributed by atoms with Crippen LogP contribution in [0, 0.1) is 0 Å². The van der Waals surface area contributed by atoms with Gasteiger partial charge in [-0.15, -0.1) is 11.6 Å². The Balaban J connectivity index is 2.14. The SMILES string of the molecule is CCC1CCCN1c1ccc(CCl)cc1. The van der Waals surface area contributed by atoms with Gasteiger partial charge in [-0.3, -0.25) is 0 Å². The fourth-order valence-electron chi connectivity index (χ4n) is 2.38. The zero-order valence-corrected chi connectivity index (χ0v) is 10.0. The maximum atomic E-state index is 5.78. The first kappa shape index (κ1) is 10.8. The third-order valence-electron chi connectivity index (χ3n) is 3.27. The minimum absolute atomic E-state index is 0.609. The molecule has 1 aliphatic heterocycles. The van der Waals surface area contributed by atoms with E-state index in [0.29, 0.717) is 5.88 Å². The normalized spacial score (nSPS) is 20.9. The summed E-state index contributed by atoms with van der Waals surface area (Å²) in [5, 5.41) is 0. The fourth-order valence-corrected chi connectivity index (χ4v) is 2.55. The van der Waals surface area contributed by atoms with E-state index in [-0.39, 0.29) is 0 Å². The first-order valence-electron chi connectivity index (χ1n) is 5.76. The Morgan fingerprint density at radius 3 is 2.67 bits per heavy atom. The van der Waals surface area contributed by atoms with Gasteiger partial charge in [-0.05, 0) is 37.0 Å². The van der Waals surface area contributed by atoms with Gasteiger partial charge in [-0.25, -0.2) is 0 Å². The molecule has 1 atom stereocenters. The van der Waals surface area contributed by atoms with Gasteiger partial charge in [0.2, 0.25) is 0 Å². The summed E-state index contributed by atoms with van der Waals surface area (Å²) in [6.45, 7) is 3.48. The molecule has 15 heavy (non-hydrogen) atoms. The summed E-state index contributed by atoms with van der Waals surface area (Å²) >= 11 is 5.78. The fraction of sp³-hybridized carbons (Fsp3) is 0.538. The Labute approximate surface area is 97.0 Å². The van der Waals surface area contributed by atoms with E-state index in [4.69, 9.17) is 11.6 Å². The molecule has 1 nitrogen and oxygen atoms in total. The Bertz CT molecular complexity index is 307. The molecule has 0 spiro atoms. The summed E-state index contributed by atoms with van der Waals surface area (Å²) in [5.41, 5.74) is 2.56. The smallest absolute Gasteiger partial charge is 0.0474 e. The van der Waals surface area contributed by atoms with Crippen LogP contribution in [0.4, 0.5) is 5.69 Å². The zero-order chi connectivity index (χ0) is 10.7. The third kappa shape index (κ3) is 2.28. The molecule has 1 heterocycles. The summed E-state index contributed by atoms with van der Waals surface area (Å²) < 4.78 is 0. The number of hydrogen-bond donors (Lipinski definition) is 0. The Morgan fingerprint density at radius 1 is 1.33 bits per heavy atom. The van der Waals surface area contributed by atoms with Crippen LogP contribution < -0.4 is 4.90 Å². The second kappa shape index (κ2) is 4.89. The molecule has 2 rings (SSSR count). The molecule has 1 aromatic carbocycles. The van der Waals surface area contributed by atoms with E-state index in [1.165, 1.54) is 37.1 Å². The van der Waals surface area contributed by atoms with E-state index < -0.39 is 0 Å². The molecular formula is C13H18ClN. The molecule has 0 N–H and O–H groups in total. The molecule has 0 aliphatic carbocycles. The molecule has 0 amide bonds. The lowest BCUT2D eigenvalue weighted by Gasteiger charge is -2.26. The van der Waals surface area contributed by atoms with Crippen molar-refractivity contribution in [1.29, 1.82) is 0 Å². The second-order valence-electron chi connectivity index (χ2n) is 4.20. The van der Waals surface area contributed by atoms with Crippen molar-refractivity contribution in [2.45, 2.75) is 38.1 Å². The van der Waals surface area contributed by atoms with Crippen LogP contribution in [0.15, 0.2) is 24.3 Å².